The second-order valence-electron chi connectivity index (χ2n) is 5.03. The van der Waals surface area contributed by atoms with Gasteiger partial charge in [-0.3, -0.25) is 0 Å². The standard InChI is InChI=1S/C12H15NO2S/c1-12(2,3)10-9(11(14)15-13-10)6-8-4-5-16-7-8/h4-5,7,9H,6H2,1-3H3. The van der Waals surface area contributed by atoms with Crippen molar-refractivity contribution in [1.29, 1.82) is 0 Å². The Morgan fingerprint density at radius 2 is 2.25 bits per heavy atom. The molecule has 0 saturated carbocycles. The molecule has 0 aliphatic carbocycles. The molecule has 0 bridgehead atoms. The second-order valence-corrected chi connectivity index (χ2v) is 5.81. The van der Waals surface area contributed by atoms with Crippen LogP contribution in [-0.2, 0) is 16.1 Å². The predicted octanol–water partition coefficient (Wildman–Crippen LogP) is 2.87. The predicted molar refractivity (Wildman–Crippen MR) is 64.5 cm³/mol. The molecule has 1 aromatic rings. The molecule has 2 heterocycles. The van der Waals surface area contributed by atoms with Crippen LogP contribution in [0.1, 0.15) is 26.3 Å². The van der Waals surface area contributed by atoms with E-state index in [4.69, 9.17) is 4.84 Å². The van der Waals surface area contributed by atoms with Crippen molar-refractivity contribution in [2.24, 2.45) is 16.5 Å². The molecule has 0 saturated heterocycles. The van der Waals surface area contributed by atoms with Crippen LogP contribution in [0.25, 0.3) is 0 Å². The van der Waals surface area contributed by atoms with Gasteiger partial charge in [-0.15, -0.1) is 0 Å². The van der Waals surface area contributed by atoms with Crippen LogP contribution in [-0.4, -0.2) is 11.7 Å². The van der Waals surface area contributed by atoms with Gasteiger partial charge in [0.2, 0.25) is 0 Å². The molecule has 86 valence electrons. The van der Waals surface area contributed by atoms with Gasteiger partial charge in [-0.1, -0.05) is 25.9 Å². The summed E-state index contributed by atoms with van der Waals surface area (Å²) in [7, 11) is 0. The lowest BCUT2D eigenvalue weighted by Gasteiger charge is -2.20. The average Bonchev–Trinajstić information content (AvgIpc) is 2.76. The molecule has 0 amide bonds. The molecule has 1 unspecified atom stereocenters. The lowest BCUT2D eigenvalue weighted by atomic mass is 9.80. The van der Waals surface area contributed by atoms with Crippen molar-refractivity contribution in [2.45, 2.75) is 27.2 Å². The Hall–Kier alpha value is -1.16. The van der Waals surface area contributed by atoms with Crippen molar-refractivity contribution in [3.63, 3.8) is 0 Å². The highest BCUT2D eigenvalue weighted by molar-refractivity contribution is 7.07. The number of rotatable bonds is 2. The fourth-order valence-electron chi connectivity index (χ4n) is 1.82. The molecule has 0 N–H and O–H groups in total. The lowest BCUT2D eigenvalue weighted by molar-refractivity contribution is -0.143. The maximum atomic E-state index is 11.6. The zero-order chi connectivity index (χ0) is 11.8. The summed E-state index contributed by atoms with van der Waals surface area (Å²) in [6.07, 6.45) is 0.693. The van der Waals surface area contributed by atoms with E-state index in [-0.39, 0.29) is 17.3 Å². The van der Waals surface area contributed by atoms with E-state index in [2.05, 4.69) is 31.3 Å². The first-order valence-corrected chi connectivity index (χ1v) is 6.23. The molecule has 4 heteroatoms. The Balaban J connectivity index is 2.19. The number of oxime groups is 1. The van der Waals surface area contributed by atoms with Gasteiger partial charge in [0.25, 0.3) is 0 Å². The van der Waals surface area contributed by atoms with Gasteiger partial charge in [0.05, 0.1) is 5.71 Å². The van der Waals surface area contributed by atoms with Crippen LogP contribution in [0, 0.1) is 11.3 Å². The van der Waals surface area contributed by atoms with Crippen LogP contribution in [0.3, 0.4) is 0 Å². The van der Waals surface area contributed by atoms with Gasteiger partial charge < -0.3 is 4.84 Å². The smallest absolute Gasteiger partial charge is 0.318 e. The molecule has 0 radical (unpaired) electrons. The molecule has 16 heavy (non-hydrogen) atoms. The summed E-state index contributed by atoms with van der Waals surface area (Å²) in [6.45, 7) is 6.15. The van der Waals surface area contributed by atoms with Crippen LogP contribution in [0.15, 0.2) is 22.0 Å². The molecule has 0 fully saturated rings. The largest absolute Gasteiger partial charge is 0.344 e. The van der Waals surface area contributed by atoms with Crippen LogP contribution >= 0.6 is 11.3 Å². The summed E-state index contributed by atoms with van der Waals surface area (Å²) in [4.78, 5) is 16.4. The Kier molecular flexibility index (Phi) is 2.84. The van der Waals surface area contributed by atoms with E-state index in [0.29, 0.717) is 6.42 Å². The minimum absolute atomic E-state index is 0.118. The maximum absolute atomic E-state index is 11.6. The second kappa shape index (κ2) is 4.01. The first-order valence-electron chi connectivity index (χ1n) is 5.29. The van der Waals surface area contributed by atoms with Crippen LogP contribution in [0.2, 0.25) is 0 Å². The zero-order valence-electron chi connectivity index (χ0n) is 9.69. The van der Waals surface area contributed by atoms with Gasteiger partial charge in [-0.05, 0) is 28.8 Å². The SMILES string of the molecule is CC(C)(C)C1=NOC(=O)C1Cc1ccsc1. The van der Waals surface area contributed by atoms with Crippen molar-refractivity contribution in [1.82, 2.24) is 0 Å². The average molecular weight is 237 g/mol. The Bertz CT molecular complexity index is 415. The number of hydrogen-bond donors (Lipinski definition) is 0. The highest BCUT2D eigenvalue weighted by Gasteiger charge is 2.39. The minimum atomic E-state index is -0.226. The fraction of sp³-hybridized carbons (Fsp3) is 0.500. The summed E-state index contributed by atoms with van der Waals surface area (Å²) >= 11 is 1.64. The Morgan fingerprint density at radius 1 is 1.50 bits per heavy atom. The summed E-state index contributed by atoms with van der Waals surface area (Å²) in [5.74, 6) is -0.439. The fourth-order valence-corrected chi connectivity index (χ4v) is 2.50. The summed E-state index contributed by atoms with van der Waals surface area (Å²) in [5, 5.41) is 8.00. The van der Waals surface area contributed by atoms with Crippen LogP contribution in [0.5, 0.6) is 0 Å². The van der Waals surface area contributed by atoms with Gasteiger partial charge >= 0.3 is 5.97 Å². The van der Waals surface area contributed by atoms with Crippen LogP contribution in [0.4, 0.5) is 0 Å². The van der Waals surface area contributed by atoms with Crippen molar-refractivity contribution >= 4 is 23.0 Å². The molecule has 3 nitrogen and oxygen atoms in total. The topological polar surface area (TPSA) is 38.7 Å². The van der Waals surface area contributed by atoms with Crippen molar-refractivity contribution in [3.05, 3.63) is 22.4 Å². The number of carbonyl (C=O) groups is 1. The molecule has 0 spiro atoms. The molecular weight excluding hydrogens is 222 g/mol. The number of carbonyl (C=O) groups excluding carboxylic acids is 1. The normalized spacial score (nSPS) is 20.8. The third kappa shape index (κ3) is 2.16. The molecule has 1 aromatic heterocycles. The molecule has 0 aromatic carbocycles. The third-order valence-corrected chi connectivity index (χ3v) is 3.37. The number of thiophene rings is 1. The van der Waals surface area contributed by atoms with E-state index in [1.165, 1.54) is 5.56 Å². The van der Waals surface area contributed by atoms with E-state index in [9.17, 15) is 4.79 Å². The van der Waals surface area contributed by atoms with Gasteiger partial charge in [-0.2, -0.15) is 11.3 Å². The quantitative estimate of drug-likeness (QED) is 0.742. The summed E-state index contributed by atoms with van der Waals surface area (Å²) in [6, 6.07) is 2.04. The van der Waals surface area contributed by atoms with E-state index in [1.54, 1.807) is 11.3 Å². The van der Waals surface area contributed by atoms with Crippen LogP contribution < -0.4 is 0 Å². The van der Waals surface area contributed by atoms with E-state index >= 15 is 0 Å². The molecule has 1 aliphatic rings. The van der Waals surface area contributed by atoms with Gasteiger partial charge in [0.1, 0.15) is 5.92 Å². The number of hydrogen-bond acceptors (Lipinski definition) is 4. The highest BCUT2D eigenvalue weighted by atomic mass is 32.1. The molecule has 2 rings (SSSR count). The molecule has 1 aliphatic heterocycles. The monoisotopic (exact) mass is 237 g/mol. The van der Waals surface area contributed by atoms with Crippen molar-refractivity contribution in [2.75, 3.05) is 0 Å². The van der Waals surface area contributed by atoms with E-state index in [1.807, 2.05) is 11.4 Å². The summed E-state index contributed by atoms with van der Waals surface area (Å²) in [5.41, 5.74) is 1.90. The van der Waals surface area contributed by atoms with E-state index in [0.717, 1.165) is 5.71 Å². The van der Waals surface area contributed by atoms with Gasteiger partial charge in [-0.25, -0.2) is 4.79 Å². The Labute approximate surface area is 99.1 Å². The van der Waals surface area contributed by atoms with Crippen molar-refractivity contribution in [3.8, 4) is 0 Å². The Morgan fingerprint density at radius 3 is 2.81 bits per heavy atom. The van der Waals surface area contributed by atoms with E-state index < -0.39 is 0 Å². The lowest BCUT2D eigenvalue weighted by Crippen LogP contribution is -2.30. The third-order valence-electron chi connectivity index (χ3n) is 2.64. The minimum Gasteiger partial charge on any atom is -0.318 e. The van der Waals surface area contributed by atoms with Crippen molar-refractivity contribution < 1.29 is 9.63 Å². The summed E-state index contributed by atoms with van der Waals surface area (Å²) < 4.78 is 0. The first kappa shape index (κ1) is 11.3. The first-order chi connectivity index (χ1) is 7.48. The van der Waals surface area contributed by atoms with Gasteiger partial charge in [0.15, 0.2) is 0 Å². The zero-order valence-corrected chi connectivity index (χ0v) is 10.5. The van der Waals surface area contributed by atoms with Gasteiger partial charge in [0, 0.05) is 5.41 Å². The molecule has 1 atom stereocenters. The number of nitrogens with zero attached hydrogens (tertiary/aromatic N) is 1. The maximum Gasteiger partial charge on any atom is 0.344 e. The molecular formula is C12H15NO2S. The highest BCUT2D eigenvalue weighted by Crippen LogP contribution is 2.29.